The summed E-state index contributed by atoms with van der Waals surface area (Å²) in [5.74, 6) is 0.828. The van der Waals surface area contributed by atoms with E-state index in [0.717, 1.165) is 21.2 Å². The van der Waals surface area contributed by atoms with Crippen LogP contribution in [0.2, 0.25) is 0 Å². The van der Waals surface area contributed by atoms with Crippen molar-refractivity contribution >= 4 is 10.2 Å². The summed E-state index contributed by atoms with van der Waals surface area (Å²) in [6, 6.07) is 4.10. The normalized spacial score (nSPS) is 11.9. The van der Waals surface area contributed by atoms with Crippen LogP contribution in [0.25, 0.3) is 0 Å². The maximum absolute atomic E-state index is 11.5. The van der Waals surface area contributed by atoms with Crippen molar-refractivity contribution in [2.75, 3.05) is 27.2 Å². The van der Waals surface area contributed by atoms with E-state index in [9.17, 15) is 8.42 Å². The zero-order chi connectivity index (χ0) is 14.6. The summed E-state index contributed by atoms with van der Waals surface area (Å²) in [6.45, 7) is 6.55. The van der Waals surface area contributed by atoms with Gasteiger partial charge in [-0.15, -0.1) is 0 Å². The molecule has 1 N–H and O–H groups in total. The third-order valence-electron chi connectivity index (χ3n) is 2.72. The molecular formula is C13H22N2O3S. The van der Waals surface area contributed by atoms with Crippen LogP contribution in [-0.2, 0) is 10.2 Å². The molecule has 1 rings (SSSR count). The molecule has 108 valence electrons. The van der Waals surface area contributed by atoms with Gasteiger partial charge in [0.05, 0.1) is 0 Å². The number of hydrogen-bond acceptors (Lipinski definition) is 3. The Balaban J connectivity index is 2.56. The van der Waals surface area contributed by atoms with Crippen LogP contribution in [0.4, 0.5) is 0 Å². The number of hydrogen-bond donors (Lipinski definition) is 1. The second-order valence-corrected chi connectivity index (χ2v) is 6.73. The Morgan fingerprint density at radius 1 is 1.16 bits per heavy atom. The fourth-order valence-electron chi connectivity index (χ4n) is 1.85. The van der Waals surface area contributed by atoms with Gasteiger partial charge in [-0.1, -0.05) is 17.7 Å². The molecule has 1 aromatic carbocycles. The molecule has 0 unspecified atom stereocenters. The maximum Gasteiger partial charge on any atom is 0.279 e. The lowest BCUT2D eigenvalue weighted by Gasteiger charge is -2.15. The average Bonchev–Trinajstić information content (AvgIpc) is 2.26. The number of aryl methyl sites for hydroxylation is 3. The van der Waals surface area contributed by atoms with Crippen molar-refractivity contribution in [1.29, 1.82) is 0 Å². The van der Waals surface area contributed by atoms with Crippen molar-refractivity contribution in [3.8, 4) is 5.75 Å². The van der Waals surface area contributed by atoms with Gasteiger partial charge in [0.2, 0.25) is 0 Å². The summed E-state index contributed by atoms with van der Waals surface area (Å²) in [4.78, 5) is 0. The van der Waals surface area contributed by atoms with E-state index < -0.39 is 10.2 Å². The third kappa shape index (κ3) is 4.49. The van der Waals surface area contributed by atoms with E-state index in [4.69, 9.17) is 4.74 Å². The fraction of sp³-hybridized carbons (Fsp3) is 0.538. The highest BCUT2D eigenvalue weighted by atomic mass is 32.2. The molecular weight excluding hydrogens is 264 g/mol. The first-order valence-corrected chi connectivity index (χ1v) is 7.56. The van der Waals surface area contributed by atoms with E-state index in [1.807, 2.05) is 32.9 Å². The molecule has 6 heteroatoms. The van der Waals surface area contributed by atoms with Gasteiger partial charge >= 0.3 is 0 Å². The molecule has 0 atom stereocenters. The van der Waals surface area contributed by atoms with E-state index >= 15 is 0 Å². The van der Waals surface area contributed by atoms with E-state index in [1.54, 1.807) is 0 Å². The smallest absolute Gasteiger partial charge is 0.279 e. The van der Waals surface area contributed by atoms with Gasteiger partial charge < -0.3 is 4.74 Å². The molecule has 5 nitrogen and oxygen atoms in total. The van der Waals surface area contributed by atoms with Gasteiger partial charge in [-0.05, 0) is 31.9 Å². The summed E-state index contributed by atoms with van der Waals surface area (Å²) in [5, 5.41) is 0. The molecule has 0 radical (unpaired) electrons. The Morgan fingerprint density at radius 2 is 1.68 bits per heavy atom. The molecule has 0 heterocycles. The summed E-state index contributed by atoms with van der Waals surface area (Å²) >= 11 is 0. The lowest BCUT2D eigenvalue weighted by Crippen LogP contribution is -2.37. The van der Waals surface area contributed by atoms with E-state index in [0.29, 0.717) is 6.61 Å². The Bertz CT molecular complexity index is 516. The van der Waals surface area contributed by atoms with E-state index in [2.05, 4.69) is 4.72 Å². The van der Waals surface area contributed by atoms with Gasteiger partial charge in [0.15, 0.2) is 0 Å². The van der Waals surface area contributed by atoms with Crippen LogP contribution in [0.3, 0.4) is 0 Å². The van der Waals surface area contributed by atoms with Crippen LogP contribution < -0.4 is 9.46 Å². The van der Waals surface area contributed by atoms with Gasteiger partial charge in [0, 0.05) is 20.6 Å². The molecule has 0 aliphatic heterocycles. The first-order valence-electron chi connectivity index (χ1n) is 6.12. The second-order valence-electron chi connectivity index (χ2n) is 4.76. The number of nitrogens with zero attached hydrogens (tertiary/aromatic N) is 1. The molecule has 0 saturated carbocycles. The molecule has 0 aromatic heterocycles. The van der Waals surface area contributed by atoms with Gasteiger partial charge in [0.1, 0.15) is 12.4 Å². The Labute approximate surface area is 115 Å². The Kier molecular flexibility index (Phi) is 5.34. The second kappa shape index (κ2) is 6.36. The summed E-state index contributed by atoms with van der Waals surface area (Å²) in [6.07, 6.45) is 0. The largest absolute Gasteiger partial charge is 0.492 e. The molecule has 0 bridgehead atoms. The minimum absolute atomic E-state index is 0.243. The monoisotopic (exact) mass is 286 g/mol. The zero-order valence-electron chi connectivity index (χ0n) is 12.1. The van der Waals surface area contributed by atoms with Crippen molar-refractivity contribution in [3.05, 3.63) is 28.8 Å². The maximum atomic E-state index is 11.5. The van der Waals surface area contributed by atoms with Crippen LogP contribution in [0, 0.1) is 20.8 Å². The summed E-state index contributed by atoms with van der Waals surface area (Å²) < 4.78 is 32.2. The van der Waals surface area contributed by atoms with Crippen molar-refractivity contribution in [2.24, 2.45) is 0 Å². The van der Waals surface area contributed by atoms with Crippen LogP contribution in [-0.4, -0.2) is 40.0 Å². The Hall–Kier alpha value is -1.11. The molecule has 0 fully saturated rings. The average molecular weight is 286 g/mol. The van der Waals surface area contributed by atoms with Crippen LogP contribution >= 0.6 is 0 Å². The molecule has 0 amide bonds. The first kappa shape index (κ1) is 15.9. The predicted molar refractivity (Wildman–Crippen MR) is 76.8 cm³/mol. The van der Waals surface area contributed by atoms with Crippen molar-refractivity contribution in [2.45, 2.75) is 20.8 Å². The predicted octanol–water partition coefficient (Wildman–Crippen LogP) is 1.39. The van der Waals surface area contributed by atoms with Gasteiger partial charge in [-0.3, -0.25) is 0 Å². The van der Waals surface area contributed by atoms with Crippen LogP contribution in [0.5, 0.6) is 5.75 Å². The highest BCUT2D eigenvalue weighted by Crippen LogP contribution is 2.24. The molecule has 0 aliphatic rings. The van der Waals surface area contributed by atoms with E-state index in [-0.39, 0.29) is 6.54 Å². The van der Waals surface area contributed by atoms with Gasteiger partial charge in [-0.25, -0.2) is 0 Å². The van der Waals surface area contributed by atoms with Crippen LogP contribution in [0.1, 0.15) is 16.7 Å². The molecule has 0 spiro atoms. The number of rotatable bonds is 6. The van der Waals surface area contributed by atoms with Gasteiger partial charge in [0.25, 0.3) is 10.2 Å². The fourth-order valence-corrected chi connectivity index (χ4v) is 2.45. The first-order chi connectivity index (χ1) is 8.74. The molecule has 19 heavy (non-hydrogen) atoms. The van der Waals surface area contributed by atoms with Crippen LogP contribution in [0.15, 0.2) is 12.1 Å². The lowest BCUT2D eigenvalue weighted by molar-refractivity contribution is 0.317. The van der Waals surface area contributed by atoms with Crippen molar-refractivity contribution < 1.29 is 13.2 Å². The topological polar surface area (TPSA) is 58.6 Å². The highest BCUT2D eigenvalue weighted by molar-refractivity contribution is 7.87. The highest BCUT2D eigenvalue weighted by Gasteiger charge is 2.12. The minimum atomic E-state index is -3.38. The standard InChI is InChI=1S/C13H22N2O3S/c1-10-8-11(2)13(12(3)9-10)18-7-6-14-19(16,17)15(4)5/h8-9,14H,6-7H2,1-5H3. The summed E-state index contributed by atoms with van der Waals surface area (Å²) in [5.41, 5.74) is 3.32. The van der Waals surface area contributed by atoms with Gasteiger partial charge in [-0.2, -0.15) is 17.4 Å². The number of benzene rings is 1. The zero-order valence-corrected chi connectivity index (χ0v) is 13.0. The minimum Gasteiger partial charge on any atom is -0.492 e. The molecule has 0 aliphatic carbocycles. The molecule has 0 saturated heterocycles. The third-order valence-corrected chi connectivity index (χ3v) is 4.25. The molecule has 1 aromatic rings. The SMILES string of the molecule is Cc1cc(C)c(OCCNS(=O)(=O)N(C)C)c(C)c1. The lowest BCUT2D eigenvalue weighted by atomic mass is 10.1. The summed E-state index contributed by atoms with van der Waals surface area (Å²) in [7, 11) is -0.409. The Morgan fingerprint density at radius 3 is 2.16 bits per heavy atom. The quantitative estimate of drug-likeness (QED) is 0.804. The van der Waals surface area contributed by atoms with Crippen molar-refractivity contribution in [1.82, 2.24) is 9.03 Å². The number of ether oxygens (including phenoxy) is 1. The van der Waals surface area contributed by atoms with E-state index in [1.165, 1.54) is 19.7 Å². The van der Waals surface area contributed by atoms with Crippen molar-refractivity contribution in [3.63, 3.8) is 0 Å². The number of nitrogens with one attached hydrogen (secondary N) is 1.